The highest BCUT2D eigenvalue weighted by Gasteiger charge is 2.12. The van der Waals surface area contributed by atoms with Crippen LogP contribution in [0.5, 0.6) is 0 Å². The predicted molar refractivity (Wildman–Crippen MR) is 56.6 cm³/mol. The summed E-state index contributed by atoms with van der Waals surface area (Å²) in [7, 11) is 9.04. The summed E-state index contributed by atoms with van der Waals surface area (Å²) in [6, 6.07) is 0. The third kappa shape index (κ3) is 1.75. The Labute approximate surface area is 81.6 Å². The van der Waals surface area contributed by atoms with Crippen LogP contribution in [0.2, 0.25) is 0 Å². The van der Waals surface area contributed by atoms with Crippen molar-refractivity contribution in [1.82, 2.24) is 4.37 Å². The second-order valence-electron chi connectivity index (χ2n) is 1.35. The van der Waals surface area contributed by atoms with E-state index in [0.29, 0.717) is 0 Å². The Morgan fingerprint density at radius 2 is 2.00 bits per heavy atom. The Hall–Kier alpha value is 1.38. The van der Waals surface area contributed by atoms with Crippen LogP contribution in [0.25, 0.3) is 0 Å². The van der Waals surface area contributed by atoms with Crippen LogP contribution < -0.4 is 0 Å². The van der Waals surface area contributed by atoms with E-state index in [0.717, 1.165) is 0 Å². The molecule has 1 aromatic rings. The molecule has 0 radical (unpaired) electrons. The summed E-state index contributed by atoms with van der Waals surface area (Å²) in [6.07, 6.45) is 1.94. The highest BCUT2D eigenvalue weighted by Crippen LogP contribution is 2.59. The van der Waals surface area contributed by atoms with Crippen molar-refractivity contribution in [2.24, 2.45) is 0 Å². The molecule has 1 nitrogen and oxygen atoms in total. The lowest BCUT2D eigenvalue weighted by atomic mass is 10.8. The molecule has 2 rings (SSSR count). The SMILES string of the molecule is c1nsc2c1SSSSS2. The number of hydrogen-bond acceptors (Lipinski definition) is 7. The normalized spacial score (nSPS) is 18.0. The molecule has 2 heterocycles. The molecule has 0 aliphatic carbocycles. The molecular formula is C3HNS6. The van der Waals surface area contributed by atoms with E-state index in [-0.39, 0.29) is 0 Å². The van der Waals surface area contributed by atoms with Crippen LogP contribution in [0.4, 0.5) is 0 Å². The van der Waals surface area contributed by atoms with Crippen LogP contribution in [-0.4, -0.2) is 4.37 Å². The first-order valence-corrected chi connectivity index (χ1v) is 9.18. The zero-order chi connectivity index (χ0) is 6.81. The first-order valence-electron chi connectivity index (χ1n) is 2.26. The van der Waals surface area contributed by atoms with Crippen molar-refractivity contribution in [2.45, 2.75) is 9.10 Å². The van der Waals surface area contributed by atoms with Crippen molar-refractivity contribution in [3.05, 3.63) is 6.20 Å². The Kier molecular flexibility index (Phi) is 3.09. The second-order valence-corrected chi connectivity index (χ2v) is 9.90. The summed E-state index contributed by atoms with van der Waals surface area (Å²) in [5.41, 5.74) is 0. The van der Waals surface area contributed by atoms with Gasteiger partial charge in [-0.15, -0.1) is 0 Å². The molecule has 0 bridgehead atoms. The van der Waals surface area contributed by atoms with Crippen LogP contribution >= 0.6 is 62.6 Å². The molecule has 0 saturated carbocycles. The topological polar surface area (TPSA) is 12.9 Å². The average Bonchev–Trinajstić information content (AvgIpc) is 2.28. The molecule has 54 valence electrons. The van der Waals surface area contributed by atoms with Crippen molar-refractivity contribution in [1.29, 1.82) is 0 Å². The van der Waals surface area contributed by atoms with Gasteiger partial charge in [-0.1, -0.05) is 0 Å². The van der Waals surface area contributed by atoms with Crippen molar-refractivity contribution >= 4 is 62.6 Å². The number of rotatable bonds is 0. The molecule has 0 fully saturated rings. The van der Waals surface area contributed by atoms with Gasteiger partial charge in [-0.3, -0.25) is 0 Å². The van der Waals surface area contributed by atoms with Gasteiger partial charge in [-0.25, -0.2) is 0 Å². The Bertz CT molecular complexity index is 200. The lowest BCUT2D eigenvalue weighted by Gasteiger charge is -1.86. The molecule has 0 atom stereocenters. The summed E-state index contributed by atoms with van der Waals surface area (Å²) in [4.78, 5) is 1.32. The van der Waals surface area contributed by atoms with E-state index in [1.807, 2.05) is 36.6 Å². The van der Waals surface area contributed by atoms with Crippen LogP contribution in [0.3, 0.4) is 0 Å². The van der Waals surface area contributed by atoms with Crippen LogP contribution in [0.15, 0.2) is 15.3 Å². The highest BCUT2D eigenvalue weighted by molar-refractivity contribution is 9.36. The molecule has 1 aliphatic heterocycles. The zero-order valence-electron chi connectivity index (χ0n) is 4.47. The van der Waals surface area contributed by atoms with E-state index in [2.05, 4.69) is 4.37 Å². The minimum absolute atomic E-state index is 1.32. The van der Waals surface area contributed by atoms with Crippen LogP contribution in [0.1, 0.15) is 0 Å². The molecule has 10 heavy (non-hydrogen) atoms. The Balaban J connectivity index is 2.28. The lowest BCUT2D eigenvalue weighted by Crippen LogP contribution is -1.56. The van der Waals surface area contributed by atoms with Gasteiger partial charge < -0.3 is 0 Å². The van der Waals surface area contributed by atoms with E-state index in [1.54, 1.807) is 32.2 Å². The van der Waals surface area contributed by atoms with Gasteiger partial charge in [0.25, 0.3) is 0 Å². The molecule has 0 saturated heterocycles. The number of hydrogen-bond donors (Lipinski definition) is 0. The minimum Gasteiger partial charge on any atom is -0.199 e. The predicted octanol–water partition coefficient (Wildman–Crippen LogP) is 4.20. The van der Waals surface area contributed by atoms with Crippen LogP contribution in [-0.2, 0) is 0 Å². The summed E-state index contributed by atoms with van der Waals surface area (Å²) >= 11 is 1.58. The van der Waals surface area contributed by atoms with Crippen molar-refractivity contribution in [3.63, 3.8) is 0 Å². The average molecular weight is 243 g/mol. The van der Waals surface area contributed by atoms with Crippen molar-refractivity contribution < 1.29 is 0 Å². The first-order chi connectivity index (χ1) is 4.97. The van der Waals surface area contributed by atoms with E-state index in [1.165, 1.54) is 9.10 Å². The van der Waals surface area contributed by atoms with E-state index < -0.39 is 0 Å². The molecular weight excluding hydrogens is 242 g/mol. The fourth-order valence-electron chi connectivity index (χ4n) is 0.438. The summed E-state index contributed by atoms with van der Waals surface area (Å²) in [5.74, 6) is 0. The van der Waals surface area contributed by atoms with E-state index in [9.17, 15) is 0 Å². The largest absolute Gasteiger partial charge is 0.199 e. The maximum Gasteiger partial charge on any atom is 0.107 e. The van der Waals surface area contributed by atoms with Gasteiger partial charge in [0.1, 0.15) is 4.21 Å². The van der Waals surface area contributed by atoms with Gasteiger partial charge in [0.2, 0.25) is 0 Å². The van der Waals surface area contributed by atoms with Gasteiger partial charge in [-0.2, -0.15) is 4.37 Å². The Morgan fingerprint density at radius 3 is 3.00 bits per heavy atom. The zero-order valence-corrected chi connectivity index (χ0v) is 9.37. The summed E-state index contributed by atoms with van der Waals surface area (Å²) in [5, 5.41) is 0. The standard InChI is InChI=1S/C3HNS6/c1-2-3(5-4-1)7-9-10-8-6-2/h1H. The second kappa shape index (κ2) is 3.86. The molecule has 7 heteroatoms. The quantitative estimate of drug-likeness (QED) is 0.629. The van der Waals surface area contributed by atoms with Gasteiger partial charge in [-0.05, 0) is 62.6 Å². The van der Waals surface area contributed by atoms with Crippen molar-refractivity contribution in [2.75, 3.05) is 0 Å². The van der Waals surface area contributed by atoms with Gasteiger partial charge >= 0.3 is 0 Å². The van der Waals surface area contributed by atoms with Gasteiger partial charge in [0, 0.05) is 0 Å². The molecule has 0 spiro atoms. The third-order valence-electron chi connectivity index (χ3n) is 0.796. The fourth-order valence-corrected chi connectivity index (χ4v) is 10.8. The minimum atomic E-state index is 1.32. The monoisotopic (exact) mass is 243 g/mol. The number of aromatic nitrogens is 1. The molecule has 0 N–H and O–H groups in total. The Morgan fingerprint density at radius 1 is 1.10 bits per heavy atom. The fraction of sp³-hybridized carbons (Fsp3) is 0. The number of fused-ring (bicyclic) bond motifs is 1. The molecule has 0 aromatic carbocycles. The molecule has 1 aliphatic rings. The van der Waals surface area contributed by atoms with Gasteiger partial charge in [0.05, 0.1) is 11.1 Å². The van der Waals surface area contributed by atoms with Crippen molar-refractivity contribution in [3.8, 4) is 0 Å². The molecule has 1 aromatic heterocycles. The third-order valence-corrected chi connectivity index (χ3v) is 10.6. The van der Waals surface area contributed by atoms with E-state index in [4.69, 9.17) is 0 Å². The highest BCUT2D eigenvalue weighted by atomic mass is 33.8. The number of nitrogens with zero attached hydrogens (tertiary/aromatic N) is 1. The van der Waals surface area contributed by atoms with E-state index >= 15 is 0 Å². The summed E-state index contributed by atoms with van der Waals surface area (Å²) in [6.45, 7) is 0. The first kappa shape index (κ1) is 8.00. The molecule has 0 amide bonds. The maximum absolute atomic E-state index is 4.11. The smallest absolute Gasteiger partial charge is 0.107 e. The molecule has 0 unspecified atom stereocenters. The maximum atomic E-state index is 4.11. The van der Waals surface area contributed by atoms with Gasteiger partial charge in [0.15, 0.2) is 0 Å². The summed E-state index contributed by atoms with van der Waals surface area (Å²) < 4.78 is 5.45. The lowest BCUT2D eigenvalue weighted by molar-refractivity contribution is 1.37. The van der Waals surface area contributed by atoms with Crippen LogP contribution in [0, 0.1) is 0 Å².